The van der Waals surface area contributed by atoms with E-state index in [2.05, 4.69) is 10.6 Å². The summed E-state index contributed by atoms with van der Waals surface area (Å²) in [6.07, 6.45) is 0. The average Bonchev–Trinajstić information content (AvgIpc) is 2.57. The molecule has 2 aromatic carbocycles. The van der Waals surface area contributed by atoms with E-state index in [1.54, 1.807) is 36.4 Å². The van der Waals surface area contributed by atoms with Gasteiger partial charge in [-0.15, -0.1) is 11.8 Å². The van der Waals surface area contributed by atoms with Crippen LogP contribution in [-0.4, -0.2) is 23.3 Å². The Hall–Kier alpha value is -2.05. The van der Waals surface area contributed by atoms with Gasteiger partial charge in [-0.3, -0.25) is 9.59 Å². The number of hydrogen-bond acceptors (Lipinski definition) is 3. The van der Waals surface area contributed by atoms with E-state index in [0.29, 0.717) is 10.7 Å². The second kappa shape index (κ2) is 9.44. The quantitative estimate of drug-likeness (QED) is 0.762. The maximum absolute atomic E-state index is 12.9. The Balaban J connectivity index is 1.70. The molecule has 0 radical (unpaired) electrons. The maximum Gasteiger partial charge on any atom is 0.234 e. The van der Waals surface area contributed by atoms with Crippen molar-refractivity contribution in [3.8, 4) is 0 Å². The molecule has 0 aromatic heterocycles. The summed E-state index contributed by atoms with van der Waals surface area (Å²) < 4.78 is 12.9. The molecule has 0 aliphatic heterocycles. The molecule has 0 saturated carbocycles. The molecule has 0 fully saturated rings. The Bertz CT molecular complexity index is 723. The van der Waals surface area contributed by atoms with Gasteiger partial charge in [0.25, 0.3) is 0 Å². The maximum atomic E-state index is 12.9. The fourth-order valence-corrected chi connectivity index (χ4v) is 2.84. The minimum absolute atomic E-state index is 0.166. The lowest BCUT2D eigenvalue weighted by molar-refractivity contribution is -0.119. The fraction of sp³-hybridized carbons (Fsp3) is 0.222. The summed E-state index contributed by atoms with van der Waals surface area (Å²) in [6.45, 7) is 1.82. The van der Waals surface area contributed by atoms with Crippen molar-refractivity contribution in [1.29, 1.82) is 0 Å². The van der Waals surface area contributed by atoms with Crippen LogP contribution in [0.2, 0.25) is 5.02 Å². The molecular weight excluding hydrogens is 363 g/mol. The van der Waals surface area contributed by atoms with Gasteiger partial charge in [0, 0.05) is 10.7 Å². The fourth-order valence-electron chi connectivity index (χ4n) is 2.08. The number of halogens is 2. The van der Waals surface area contributed by atoms with Crippen molar-refractivity contribution in [3.05, 3.63) is 64.9 Å². The minimum Gasteiger partial charge on any atom is -0.349 e. The van der Waals surface area contributed by atoms with Gasteiger partial charge in [-0.2, -0.15) is 0 Å². The third-order valence-electron chi connectivity index (χ3n) is 3.34. The van der Waals surface area contributed by atoms with Crippen LogP contribution in [0.3, 0.4) is 0 Å². The Kier molecular flexibility index (Phi) is 7.28. The molecule has 0 aliphatic carbocycles. The lowest BCUT2D eigenvalue weighted by Gasteiger charge is -2.14. The molecule has 132 valence electrons. The number of hydrogen-bond donors (Lipinski definition) is 2. The minimum atomic E-state index is -0.315. The van der Waals surface area contributed by atoms with Gasteiger partial charge in [0.15, 0.2) is 0 Å². The molecule has 2 N–H and O–H groups in total. The topological polar surface area (TPSA) is 58.2 Å². The molecule has 2 rings (SSSR count). The first kappa shape index (κ1) is 19.3. The van der Waals surface area contributed by atoms with E-state index in [-0.39, 0.29) is 35.2 Å². The van der Waals surface area contributed by atoms with Crippen LogP contribution in [0.25, 0.3) is 0 Å². The Morgan fingerprint density at radius 3 is 2.28 bits per heavy atom. The van der Waals surface area contributed by atoms with Gasteiger partial charge in [0.2, 0.25) is 11.8 Å². The third kappa shape index (κ3) is 6.76. The van der Waals surface area contributed by atoms with E-state index in [0.717, 1.165) is 5.56 Å². The SMILES string of the molecule is C[C@H](NC(=O)CSCC(=O)Nc1ccc(Cl)cc1)c1ccc(F)cc1. The first-order valence-electron chi connectivity index (χ1n) is 7.62. The van der Waals surface area contributed by atoms with E-state index < -0.39 is 0 Å². The highest BCUT2D eigenvalue weighted by Gasteiger charge is 2.11. The van der Waals surface area contributed by atoms with Gasteiger partial charge in [-0.05, 0) is 48.9 Å². The van der Waals surface area contributed by atoms with Crippen LogP contribution >= 0.6 is 23.4 Å². The normalized spacial score (nSPS) is 11.6. The van der Waals surface area contributed by atoms with Crippen molar-refractivity contribution in [3.63, 3.8) is 0 Å². The van der Waals surface area contributed by atoms with E-state index in [1.165, 1.54) is 23.9 Å². The van der Waals surface area contributed by atoms with Crippen LogP contribution < -0.4 is 10.6 Å². The van der Waals surface area contributed by atoms with Crippen molar-refractivity contribution >= 4 is 40.9 Å². The molecule has 0 unspecified atom stereocenters. The average molecular weight is 381 g/mol. The molecule has 1 atom stereocenters. The number of benzene rings is 2. The molecule has 2 amide bonds. The first-order chi connectivity index (χ1) is 11.9. The highest BCUT2D eigenvalue weighted by Crippen LogP contribution is 2.15. The smallest absolute Gasteiger partial charge is 0.234 e. The first-order valence-corrected chi connectivity index (χ1v) is 9.15. The number of thioether (sulfide) groups is 1. The molecule has 0 aliphatic rings. The van der Waals surface area contributed by atoms with Gasteiger partial charge in [-0.25, -0.2) is 4.39 Å². The number of amides is 2. The number of carbonyl (C=O) groups is 2. The summed E-state index contributed by atoms with van der Waals surface area (Å²) in [5, 5.41) is 6.14. The summed E-state index contributed by atoms with van der Waals surface area (Å²) in [4.78, 5) is 23.7. The molecule has 0 bridgehead atoms. The van der Waals surface area contributed by atoms with Gasteiger partial charge in [0.1, 0.15) is 5.82 Å². The number of anilines is 1. The molecule has 0 heterocycles. The van der Waals surface area contributed by atoms with Gasteiger partial charge >= 0.3 is 0 Å². The highest BCUT2D eigenvalue weighted by molar-refractivity contribution is 8.00. The van der Waals surface area contributed by atoms with E-state index in [9.17, 15) is 14.0 Å². The summed E-state index contributed by atoms with van der Waals surface area (Å²) in [5.41, 5.74) is 1.48. The molecular formula is C18H18ClFN2O2S. The molecule has 0 spiro atoms. The van der Waals surface area contributed by atoms with Crippen molar-refractivity contribution < 1.29 is 14.0 Å². The van der Waals surface area contributed by atoms with E-state index in [4.69, 9.17) is 11.6 Å². The Morgan fingerprint density at radius 2 is 1.64 bits per heavy atom. The molecule has 7 heteroatoms. The molecule has 2 aromatic rings. The molecule has 25 heavy (non-hydrogen) atoms. The molecule has 4 nitrogen and oxygen atoms in total. The van der Waals surface area contributed by atoms with Crippen LogP contribution in [0.1, 0.15) is 18.5 Å². The van der Waals surface area contributed by atoms with Crippen LogP contribution in [0.4, 0.5) is 10.1 Å². The molecule has 0 saturated heterocycles. The van der Waals surface area contributed by atoms with Crippen LogP contribution in [0.5, 0.6) is 0 Å². The summed E-state index contributed by atoms with van der Waals surface area (Å²) >= 11 is 7.00. The summed E-state index contributed by atoms with van der Waals surface area (Å²) in [7, 11) is 0. The standard InChI is InChI=1S/C18H18ClFN2O2S/c1-12(13-2-6-15(20)7-3-13)21-17(23)10-25-11-18(24)22-16-8-4-14(19)5-9-16/h2-9,12H,10-11H2,1H3,(H,21,23)(H,22,24)/t12-/m0/s1. The number of carbonyl (C=O) groups excluding carboxylic acids is 2. The van der Waals surface area contributed by atoms with Gasteiger partial charge < -0.3 is 10.6 Å². The zero-order chi connectivity index (χ0) is 18.2. The van der Waals surface area contributed by atoms with Crippen LogP contribution in [-0.2, 0) is 9.59 Å². The zero-order valence-corrected chi connectivity index (χ0v) is 15.2. The monoisotopic (exact) mass is 380 g/mol. The third-order valence-corrected chi connectivity index (χ3v) is 4.53. The predicted molar refractivity (Wildman–Crippen MR) is 100 cm³/mol. The van der Waals surface area contributed by atoms with Crippen molar-refractivity contribution in [2.75, 3.05) is 16.8 Å². The largest absolute Gasteiger partial charge is 0.349 e. The van der Waals surface area contributed by atoms with Crippen molar-refractivity contribution in [1.82, 2.24) is 5.32 Å². The Labute approximate surface area is 155 Å². The number of rotatable bonds is 7. The van der Waals surface area contributed by atoms with E-state index in [1.807, 2.05) is 6.92 Å². The zero-order valence-electron chi connectivity index (χ0n) is 13.6. The summed E-state index contributed by atoms with van der Waals surface area (Å²) in [5.74, 6) is -0.349. The van der Waals surface area contributed by atoms with Crippen LogP contribution in [0.15, 0.2) is 48.5 Å². The predicted octanol–water partition coefficient (Wildman–Crippen LogP) is 4.03. The van der Waals surface area contributed by atoms with Gasteiger partial charge in [-0.1, -0.05) is 23.7 Å². The van der Waals surface area contributed by atoms with Crippen molar-refractivity contribution in [2.24, 2.45) is 0 Å². The summed E-state index contributed by atoms with van der Waals surface area (Å²) in [6, 6.07) is 12.5. The van der Waals surface area contributed by atoms with Crippen molar-refractivity contribution in [2.45, 2.75) is 13.0 Å². The lowest BCUT2D eigenvalue weighted by atomic mass is 10.1. The van der Waals surface area contributed by atoms with Gasteiger partial charge in [0.05, 0.1) is 17.5 Å². The number of nitrogens with one attached hydrogen (secondary N) is 2. The lowest BCUT2D eigenvalue weighted by Crippen LogP contribution is -2.28. The van der Waals surface area contributed by atoms with Crippen LogP contribution in [0, 0.1) is 5.82 Å². The Morgan fingerprint density at radius 1 is 1.04 bits per heavy atom. The van der Waals surface area contributed by atoms with E-state index >= 15 is 0 Å². The highest BCUT2D eigenvalue weighted by atomic mass is 35.5. The second-order valence-electron chi connectivity index (χ2n) is 5.39. The second-order valence-corrected chi connectivity index (χ2v) is 6.81.